The van der Waals surface area contributed by atoms with E-state index in [2.05, 4.69) is 5.32 Å². The number of nitrogens with one attached hydrogen (secondary N) is 1. The van der Waals surface area contributed by atoms with Crippen LogP contribution in [0.1, 0.15) is 24.8 Å². The van der Waals surface area contributed by atoms with Crippen molar-refractivity contribution in [2.45, 2.75) is 31.9 Å². The molecule has 1 aliphatic carbocycles. The maximum Gasteiger partial charge on any atom is 0.404 e. The van der Waals surface area contributed by atoms with E-state index in [0.717, 1.165) is 6.42 Å². The third-order valence-corrected chi connectivity index (χ3v) is 3.83. The highest BCUT2D eigenvalue weighted by molar-refractivity contribution is 6.30. The van der Waals surface area contributed by atoms with Gasteiger partial charge in [0.15, 0.2) is 0 Å². The lowest BCUT2D eigenvalue weighted by molar-refractivity contribution is -0.127. The minimum Gasteiger partial charge on any atom is -0.446 e. The third-order valence-electron chi connectivity index (χ3n) is 3.54. The van der Waals surface area contributed by atoms with E-state index in [1.165, 1.54) is 6.07 Å². The molecule has 1 aliphatic rings. The summed E-state index contributed by atoms with van der Waals surface area (Å²) in [5.41, 5.74) is 5.29. The maximum absolute atomic E-state index is 13.7. The summed E-state index contributed by atoms with van der Waals surface area (Å²) in [4.78, 5) is 22.9. The van der Waals surface area contributed by atoms with Crippen molar-refractivity contribution < 1.29 is 18.7 Å². The molecule has 21 heavy (non-hydrogen) atoms. The maximum atomic E-state index is 13.7. The Hall–Kier alpha value is -1.82. The van der Waals surface area contributed by atoms with Gasteiger partial charge >= 0.3 is 6.09 Å². The van der Waals surface area contributed by atoms with Crippen LogP contribution in [0.25, 0.3) is 0 Å². The van der Waals surface area contributed by atoms with Gasteiger partial charge in [0.1, 0.15) is 11.9 Å². The Labute approximate surface area is 126 Å². The number of nitrogens with two attached hydrogens (primary N) is 1. The van der Waals surface area contributed by atoms with Gasteiger partial charge in [-0.2, -0.15) is 0 Å². The summed E-state index contributed by atoms with van der Waals surface area (Å²) in [7, 11) is 0. The van der Waals surface area contributed by atoms with E-state index in [4.69, 9.17) is 22.1 Å². The van der Waals surface area contributed by atoms with Gasteiger partial charge in [0, 0.05) is 12.1 Å². The third kappa shape index (κ3) is 3.85. The van der Waals surface area contributed by atoms with Gasteiger partial charge in [-0.15, -0.1) is 0 Å². The van der Waals surface area contributed by atoms with Gasteiger partial charge < -0.3 is 15.8 Å². The molecule has 0 spiro atoms. The topological polar surface area (TPSA) is 81.4 Å². The molecule has 0 saturated heterocycles. The van der Waals surface area contributed by atoms with Gasteiger partial charge in [0.2, 0.25) is 5.91 Å². The summed E-state index contributed by atoms with van der Waals surface area (Å²) in [6.45, 7) is 0.0328. The van der Waals surface area contributed by atoms with Crippen LogP contribution in [0.4, 0.5) is 9.18 Å². The van der Waals surface area contributed by atoms with E-state index in [1.807, 2.05) is 0 Å². The van der Waals surface area contributed by atoms with Crippen LogP contribution in [0.2, 0.25) is 5.02 Å². The number of rotatable bonds is 4. The van der Waals surface area contributed by atoms with Crippen molar-refractivity contribution in [2.75, 3.05) is 0 Å². The lowest BCUT2D eigenvalue weighted by Gasteiger charge is -2.18. The van der Waals surface area contributed by atoms with Gasteiger partial charge in [-0.3, -0.25) is 4.79 Å². The molecule has 0 radical (unpaired) electrons. The van der Waals surface area contributed by atoms with Gasteiger partial charge in [0.05, 0.1) is 10.9 Å². The van der Waals surface area contributed by atoms with Crippen LogP contribution in [-0.4, -0.2) is 18.1 Å². The molecule has 5 nitrogen and oxygen atoms in total. The first-order valence-corrected chi connectivity index (χ1v) is 7.03. The largest absolute Gasteiger partial charge is 0.446 e. The number of ether oxygens (including phenoxy) is 1. The highest BCUT2D eigenvalue weighted by Gasteiger charge is 2.35. The van der Waals surface area contributed by atoms with E-state index >= 15 is 0 Å². The van der Waals surface area contributed by atoms with Crippen molar-refractivity contribution in [3.63, 3.8) is 0 Å². The van der Waals surface area contributed by atoms with E-state index in [9.17, 15) is 14.0 Å². The average molecular weight is 315 g/mol. The lowest BCUT2D eigenvalue weighted by Crippen LogP contribution is -2.37. The van der Waals surface area contributed by atoms with Crippen LogP contribution in [0.3, 0.4) is 0 Å². The fourth-order valence-corrected chi connectivity index (χ4v) is 2.71. The summed E-state index contributed by atoms with van der Waals surface area (Å²) in [5.74, 6) is -1.27. The number of carbonyl (C=O) groups excluding carboxylic acids is 2. The van der Waals surface area contributed by atoms with Crippen LogP contribution in [0.5, 0.6) is 0 Å². The molecule has 0 unspecified atom stereocenters. The lowest BCUT2D eigenvalue weighted by atomic mass is 10.0. The average Bonchev–Trinajstić information content (AvgIpc) is 2.87. The summed E-state index contributed by atoms with van der Waals surface area (Å²) in [5, 5.41) is 2.65. The Morgan fingerprint density at radius 3 is 2.90 bits per heavy atom. The van der Waals surface area contributed by atoms with E-state index < -0.39 is 23.9 Å². The van der Waals surface area contributed by atoms with Gasteiger partial charge in [-0.1, -0.05) is 23.7 Å². The molecule has 2 atom stereocenters. The Balaban J connectivity index is 1.95. The normalized spacial score (nSPS) is 21.0. The zero-order valence-corrected chi connectivity index (χ0v) is 12.0. The Bertz CT molecular complexity index is 553. The molecular formula is C14H16ClFN2O3. The highest BCUT2D eigenvalue weighted by Crippen LogP contribution is 2.28. The molecule has 0 bridgehead atoms. The molecule has 2 rings (SSSR count). The minimum atomic E-state index is -0.888. The van der Waals surface area contributed by atoms with Crippen molar-refractivity contribution in [3.05, 3.63) is 34.6 Å². The van der Waals surface area contributed by atoms with Crippen LogP contribution in [0.15, 0.2) is 18.2 Å². The molecule has 1 fully saturated rings. The van der Waals surface area contributed by atoms with Crippen LogP contribution >= 0.6 is 11.6 Å². The molecule has 0 aromatic heterocycles. The van der Waals surface area contributed by atoms with E-state index in [-0.39, 0.29) is 17.5 Å². The van der Waals surface area contributed by atoms with Crippen molar-refractivity contribution >= 4 is 23.6 Å². The second kappa shape index (κ2) is 6.76. The van der Waals surface area contributed by atoms with Crippen molar-refractivity contribution in [2.24, 2.45) is 11.7 Å². The molecule has 2 amide bonds. The number of primary amides is 1. The summed E-state index contributed by atoms with van der Waals surface area (Å²) in [6.07, 6.45) is 0.600. The number of benzene rings is 1. The minimum absolute atomic E-state index is 0.0116. The molecule has 0 heterocycles. The Morgan fingerprint density at radius 1 is 1.43 bits per heavy atom. The quantitative estimate of drug-likeness (QED) is 0.895. The molecule has 3 N–H and O–H groups in total. The zero-order chi connectivity index (χ0) is 15.4. The molecule has 7 heteroatoms. The molecular weight excluding hydrogens is 299 g/mol. The number of halogens is 2. The van der Waals surface area contributed by atoms with Gasteiger partial charge in [-0.25, -0.2) is 9.18 Å². The first kappa shape index (κ1) is 15.6. The molecule has 114 valence electrons. The molecule has 1 saturated carbocycles. The highest BCUT2D eigenvalue weighted by atomic mass is 35.5. The number of carbonyl (C=O) groups is 2. The van der Waals surface area contributed by atoms with Crippen LogP contribution in [0, 0.1) is 11.7 Å². The fraction of sp³-hybridized carbons (Fsp3) is 0.429. The SMILES string of the molecule is NC(=O)O[C@@H]1CCC[C@H]1C(=O)NCc1cccc(Cl)c1F. The smallest absolute Gasteiger partial charge is 0.404 e. The summed E-state index contributed by atoms with van der Waals surface area (Å²) >= 11 is 5.68. The van der Waals surface area contributed by atoms with E-state index in [1.54, 1.807) is 12.1 Å². The second-order valence-electron chi connectivity index (χ2n) is 4.94. The summed E-state index contributed by atoms with van der Waals surface area (Å²) in [6, 6.07) is 4.60. The first-order chi connectivity index (χ1) is 9.99. The van der Waals surface area contributed by atoms with E-state index in [0.29, 0.717) is 18.4 Å². The molecule has 1 aromatic rings. The predicted octanol–water partition coefficient (Wildman–Crippen LogP) is 2.36. The fourth-order valence-electron chi connectivity index (χ4n) is 2.51. The Kier molecular flexibility index (Phi) is 5.01. The number of hydrogen-bond acceptors (Lipinski definition) is 3. The standard InChI is InChI=1S/C14H16ClFN2O3/c15-10-5-1-3-8(12(10)16)7-18-13(19)9-4-2-6-11(9)21-14(17)20/h1,3,5,9,11H,2,4,6-7H2,(H2,17,20)(H,18,19)/t9-,11-/m1/s1. The van der Waals surface area contributed by atoms with Crippen molar-refractivity contribution in [1.82, 2.24) is 5.32 Å². The monoisotopic (exact) mass is 314 g/mol. The Morgan fingerprint density at radius 2 is 2.19 bits per heavy atom. The van der Waals surface area contributed by atoms with Crippen molar-refractivity contribution in [1.29, 1.82) is 0 Å². The van der Waals surface area contributed by atoms with Gasteiger partial charge in [0.25, 0.3) is 0 Å². The van der Waals surface area contributed by atoms with Crippen LogP contribution < -0.4 is 11.1 Å². The van der Waals surface area contributed by atoms with Crippen LogP contribution in [-0.2, 0) is 16.1 Å². The van der Waals surface area contributed by atoms with Gasteiger partial charge in [-0.05, 0) is 25.3 Å². The predicted molar refractivity (Wildman–Crippen MR) is 75.1 cm³/mol. The number of amides is 2. The first-order valence-electron chi connectivity index (χ1n) is 6.65. The molecule has 1 aromatic carbocycles. The van der Waals surface area contributed by atoms with Crippen molar-refractivity contribution in [3.8, 4) is 0 Å². The second-order valence-corrected chi connectivity index (χ2v) is 5.35. The number of hydrogen-bond donors (Lipinski definition) is 2. The summed E-state index contributed by atoms with van der Waals surface area (Å²) < 4.78 is 18.6. The molecule has 0 aliphatic heterocycles. The zero-order valence-electron chi connectivity index (χ0n) is 11.3.